The summed E-state index contributed by atoms with van der Waals surface area (Å²) >= 11 is 0. The van der Waals surface area contributed by atoms with E-state index in [4.69, 9.17) is 9.47 Å². The number of hydrogen-bond donors (Lipinski definition) is 1. The maximum absolute atomic E-state index is 10.8. The molecule has 0 radical (unpaired) electrons. The largest absolute Gasteiger partial charge is 0.493 e. The van der Waals surface area contributed by atoms with E-state index in [-0.39, 0.29) is 13.2 Å². The van der Waals surface area contributed by atoms with Gasteiger partial charge in [0, 0.05) is 6.54 Å². The van der Waals surface area contributed by atoms with E-state index in [2.05, 4.69) is 4.72 Å². The van der Waals surface area contributed by atoms with Crippen LogP contribution in [0.2, 0.25) is 0 Å². The molecule has 16 heavy (non-hydrogen) atoms. The molecule has 0 fully saturated rings. The normalized spacial score (nSPS) is 11.1. The predicted molar refractivity (Wildman–Crippen MR) is 61.3 cm³/mol. The first-order valence-electron chi connectivity index (χ1n) is 4.73. The van der Waals surface area contributed by atoms with E-state index in [0.717, 1.165) is 6.26 Å². The van der Waals surface area contributed by atoms with Crippen molar-refractivity contribution >= 4 is 10.0 Å². The van der Waals surface area contributed by atoms with Gasteiger partial charge in [0.1, 0.15) is 6.61 Å². The van der Waals surface area contributed by atoms with Gasteiger partial charge >= 0.3 is 0 Å². The molecule has 1 aromatic rings. The molecule has 0 bridgehead atoms. The highest BCUT2D eigenvalue weighted by Gasteiger charge is 2.03. The van der Waals surface area contributed by atoms with Crippen LogP contribution >= 0.6 is 0 Å². The van der Waals surface area contributed by atoms with Gasteiger partial charge in [-0.2, -0.15) is 0 Å². The van der Waals surface area contributed by atoms with Crippen LogP contribution in [0, 0.1) is 0 Å². The quantitative estimate of drug-likeness (QED) is 0.746. The molecular formula is C10H15NO4S. The third kappa shape index (κ3) is 4.50. The molecule has 0 spiro atoms. The molecule has 0 heterocycles. The van der Waals surface area contributed by atoms with Crippen LogP contribution in [0.25, 0.3) is 0 Å². The van der Waals surface area contributed by atoms with Gasteiger partial charge in [-0.25, -0.2) is 13.1 Å². The first kappa shape index (κ1) is 12.8. The standard InChI is InChI=1S/C10H15NO4S/c1-14-9-5-3-4-6-10(9)15-8-7-11-16(2,12)13/h3-6,11H,7-8H2,1-2H3. The van der Waals surface area contributed by atoms with E-state index in [1.54, 1.807) is 19.2 Å². The zero-order valence-corrected chi connectivity index (χ0v) is 10.1. The summed E-state index contributed by atoms with van der Waals surface area (Å²) in [5, 5.41) is 0. The molecule has 1 aromatic carbocycles. The van der Waals surface area contributed by atoms with Crippen LogP contribution in [0.5, 0.6) is 11.5 Å². The highest BCUT2D eigenvalue weighted by molar-refractivity contribution is 7.88. The minimum Gasteiger partial charge on any atom is -0.493 e. The third-order valence-corrected chi connectivity index (χ3v) is 2.52. The fourth-order valence-corrected chi connectivity index (χ4v) is 1.58. The van der Waals surface area contributed by atoms with Crippen LogP contribution in [-0.2, 0) is 10.0 Å². The Bertz CT molecular complexity index is 430. The molecule has 0 saturated carbocycles. The number of ether oxygens (including phenoxy) is 2. The van der Waals surface area contributed by atoms with Crippen LogP contribution in [0.1, 0.15) is 0 Å². The van der Waals surface area contributed by atoms with Gasteiger partial charge in [-0.05, 0) is 12.1 Å². The lowest BCUT2D eigenvalue weighted by molar-refractivity contribution is 0.299. The number of para-hydroxylation sites is 2. The van der Waals surface area contributed by atoms with Gasteiger partial charge < -0.3 is 9.47 Å². The lowest BCUT2D eigenvalue weighted by Gasteiger charge is -2.10. The van der Waals surface area contributed by atoms with Crippen LogP contribution < -0.4 is 14.2 Å². The minimum atomic E-state index is -3.16. The molecule has 0 aliphatic rings. The first-order valence-corrected chi connectivity index (χ1v) is 6.62. The molecule has 90 valence electrons. The van der Waals surface area contributed by atoms with Crippen molar-refractivity contribution in [2.45, 2.75) is 0 Å². The maximum Gasteiger partial charge on any atom is 0.208 e. The Kier molecular flexibility index (Phi) is 4.57. The van der Waals surface area contributed by atoms with Crippen molar-refractivity contribution in [3.63, 3.8) is 0 Å². The minimum absolute atomic E-state index is 0.233. The Morgan fingerprint density at radius 2 is 1.88 bits per heavy atom. The molecule has 1 N–H and O–H groups in total. The summed E-state index contributed by atoms with van der Waals surface area (Å²) in [6, 6.07) is 7.20. The van der Waals surface area contributed by atoms with E-state index < -0.39 is 10.0 Å². The summed E-state index contributed by atoms with van der Waals surface area (Å²) in [7, 11) is -1.60. The molecule has 0 unspecified atom stereocenters. The summed E-state index contributed by atoms with van der Waals surface area (Å²) in [6.45, 7) is 0.490. The van der Waals surface area contributed by atoms with Gasteiger partial charge in [-0.15, -0.1) is 0 Å². The average Bonchev–Trinajstić information content (AvgIpc) is 2.23. The Labute approximate surface area is 95.4 Å². The molecule has 1 rings (SSSR count). The zero-order chi connectivity index (χ0) is 12.0. The summed E-state index contributed by atoms with van der Waals surface area (Å²) < 4.78 is 34.3. The Morgan fingerprint density at radius 3 is 2.44 bits per heavy atom. The van der Waals surface area contributed by atoms with Gasteiger partial charge in [0.2, 0.25) is 10.0 Å². The number of benzene rings is 1. The Balaban J connectivity index is 2.43. The Hall–Kier alpha value is -1.27. The smallest absolute Gasteiger partial charge is 0.208 e. The lowest BCUT2D eigenvalue weighted by Crippen LogP contribution is -2.26. The molecule has 0 saturated heterocycles. The summed E-state index contributed by atoms with van der Waals surface area (Å²) in [5.41, 5.74) is 0. The molecular weight excluding hydrogens is 230 g/mol. The van der Waals surface area contributed by atoms with Gasteiger partial charge in [-0.3, -0.25) is 0 Å². The maximum atomic E-state index is 10.8. The molecule has 0 aromatic heterocycles. The molecule has 0 amide bonds. The topological polar surface area (TPSA) is 64.6 Å². The van der Waals surface area contributed by atoms with Crippen molar-refractivity contribution in [2.75, 3.05) is 26.5 Å². The third-order valence-electron chi connectivity index (χ3n) is 1.79. The van der Waals surface area contributed by atoms with Gasteiger partial charge in [0.15, 0.2) is 11.5 Å². The van der Waals surface area contributed by atoms with Crippen molar-refractivity contribution in [2.24, 2.45) is 0 Å². The average molecular weight is 245 g/mol. The van der Waals surface area contributed by atoms with Gasteiger partial charge in [-0.1, -0.05) is 12.1 Å². The van der Waals surface area contributed by atoms with E-state index in [9.17, 15) is 8.42 Å². The van der Waals surface area contributed by atoms with Crippen molar-refractivity contribution in [1.29, 1.82) is 0 Å². The SMILES string of the molecule is COc1ccccc1OCCNS(C)(=O)=O. The molecule has 0 aliphatic heterocycles. The predicted octanol–water partition coefficient (Wildman–Crippen LogP) is 0.623. The second-order valence-electron chi connectivity index (χ2n) is 3.17. The number of nitrogens with one attached hydrogen (secondary N) is 1. The lowest BCUT2D eigenvalue weighted by atomic mass is 10.3. The van der Waals surface area contributed by atoms with Gasteiger partial charge in [0.25, 0.3) is 0 Å². The molecule has 6 heteroatoms. The molecule has 5 nitrogen and oxygen atoms in total. The van der Waals surface area contributed by atoms with Gasteiger partial charge in [0.05, 0.1) is 13.4 Å². The van der Waals surface area contributed by atoms with Crippen molar-refractivity contribution in [3.05, 3.63) is 24.3 Å². The van der Waals surface area contributed by atoms with E-state index in [0.29, 0.717) is 11.5 Å². The highest BCUT2D eigenvalue weighted by Crippen LogP contribution is 2.25. The molecule has 0 aliphatic carbocycles. The van der Waals surface area contributed by atoms with Crippen molar-refractivity contribution < 1.29 is 17.9 Å². The van der Waals surface area contributed by atoms with E-state index >= 15 is 0 Å². The summed E-state index contributed by atoms with van der Waals surface area (Å²) in [4.78, 5) is 0. The van der Waals surface area contributed by atoms with Crippen molar-refractivity contribution in [3.8, 4) is 11.5 Å². The first-order chi connectivity index (χ1) is 7.53. The number of methoxy groups -OCH3 is 1. The van der Waals surface area contributed by atoms with Crippen LogP contribution in [0.4, 0.5) is 0 Å². The van der Waals surface area contributed by atoms with E-state index in [1.165, 1.54) is 0 Å². The number of sulfonamides is 1. The van der Waals surface area contributed by atoms with Crippen LogP contribution in [-0.4, -0.2) is 34.9 Å². The number of hydrogen-bond acceptors (Lipinski definition) is 4. The zero-order valence-electron chi connectivity index (χ0n) is 9.26. The summed E-state index contributed by atoms with van der Waals surface area (Å²) in [5.74, 6) is 1.22. The second-order valence-corrected chi connectivity index (χ2v) is 5.00. The van der Waals surface area contributed by atoms with Crippen LogP contribution in [0.3, 0.4) is 0 Å². The fourth-order valence-electron chi connectivity index (χ4n) is 1.13. The van der Waals surface area contributed by atoms with Crippen molar-refractivity contribution in [1.82, 2.24) is 4.72 Å². The fraction of sp³-hybridized carbons (Fsp3) is 0.400. The van der Waals surface area contributed by atoms with Crippen LogP contribution in [0.15, 0.2) is 24.3 Å². The second kappa shape index (κ2) is 5.72. The number of rotatable bonds is 6. The Morgan fingerprint density at radius 1 is 1.25 bits per heavy atom. The summed E-state index contributed by atoms with van der Waals surface area (Å²) in [6.07, 6.45) is 1.11. The monoisotopic (exact) mass is 245 g/mol. The van der Waals surface area contributed by atoms with E-state index in [1.807, 2.05) is 12.1 Å². The molecule has 0 atom stereocenters. The highest BCUT2D eigenvalue weighted by atomic mass is 32.2.